The van der Waals surface area contributed by atoms with Crippen LogP contribution in [0.5, 0.6) is 0 Å². The highest BCUT2D eigenvalue weighted by Gasteiger charge is 2.38. The van der Waals surface area contributed by atoms with E-state index in [9.17, 15) is 0 Å². The molecule has 0 aliphatic carbocycles. The van der Waals surface area contributed by atoms with E-state index in [4.69, 9.17) is 27.9 Å². The van der Waals surface area contributed by atoms with Crippen LogP contribution >= 0.6 is 23.2 Å². The zero-order valence-electron chi connectivity index (χ0n) is 8.84. The second kappa shape index (κ2) is 4.32. The Morgan fingerprint density at radius 1 is 1.40 bits per heavy atom. The lowest BCUT2D eigenvalue weighted by Gasteiger charge is -2.10. The predicted molar refractivity (Wildman–Crippen MR) is 63.7 cm³/mol. The first-order valence-electron chi connectivity index (χ1n) is 5.18. The van der Waals surface area contributed by atoms with Crippen molar-refractivity contribution in [3.63, 3.8) is 0 Å². The van der Waals surface area contributed by atoms with Gasteiger partial charge in [-0.15, -0.1) is 0 Å². The Bertz CT molecular complexity index is 365. The molecule has 1 saturated heterocycles. The van der Waals surface area contributed by atoms with E-state index >= 15 is 0 Å². The molecule has 1 aliphatic heterocycles. The minimum atomic E-state index is 0.389. The van der Waals surface area contributed by atoms with Gasteiger partial charge in [0.2, 0.25) is 0 Å². The largest absolute Gasteiger partial charge is 0.370 e. The van der Waals surface area contributed by atoms with Crippen LogP contribution < -0.4 is 0 Å². The highest BCUT2D eigenvalue weighted by atomic mass is 35.5. The Balaban J connectivity index is 2.07. The third-order valence-electron chi connectivity index (χ3n) is 2.89. The molecule has 0 amide bonds. The van der Waals surface area contributed by atoms with Crippen LogP contribution in [0.2, 0.25) is 10.0 Å². The van der Waals surface area contributed by atoms with Crippen molar-refractivity contribution in [2.75, 3.05) is 0 Å². The average molecular weight is 245 g/mol. The van der Waals surface area contributed by atoms with E-state index in [2.05, 4.69) is 13.8 Å². The van der Waals surface area contributed by atoms with Gasteiger partial charge < -0.3 is 4.74 Å². The molecule has 82 valence electrons. The molecule has 0 spiro atoms. The molecule has 3 unspecified atom stereocenters. The first-order chi connectivity index (χ1) is 7.09. The maximum absolute atomic E-state index is 6.13. The second-order valence-corrected chi connectivity index (χ2v) is 4.99. The standard InChI is InChI=1S/C12H14Cl2O/c1-7(12-8(2)15-12)6-9-4-3-5-10(13)11(9)14/h3-5,7-8,12H,6H2,1-2H3. The Kier molecular flexibility index (Phi) is 3.24. The summed E-state index contributed by atoms with van der Waals surface area (Å²) >= 11 is 12.1. The zero-order valence-corrected chi connectivity index (χ0v) is 10.3. The fourth-order valence-electron chi connectivity index (χ4n) is 1.97. The van der Waals surface area contributed by atoms with Crippen molar-refractivity contribution in [1.82, 2.24) is 0 Å². The Morgan fingerprint density at radius 2 is 2.07 bits per heavy atom. The van der Waals surface area contributed by atoms with Gasteiger partial charge in [0.05, 0.1) is 22.3 Å². The monoisotopic (exact) mass is 244 g/mol. The molecule has 1 heterocycles. The molecule has 1 aromatic rings. The van der Waals surface area contributed by atoms with E-state index in [1.54, 1.807) is 0 Å². The van der Waals surface area contributed by atoms with Crippen LogP contribution in [0.3, 0.4) is 0 Å². The third kappa shape index (κ3) is 2.47. The van der Waals surface area contributed by atoms with Gasteiger partial charge in [0.1, 0.15) is 0 Å². The minimum absolute atomic E-state index is 0.389. The molecule has 0 saturated carbocycles. The number of rotatable bonds is 3. The van der Waals surface area contributed by atoms with E-state index in [1.165, 1.54) is 0 Å². The molecule has 3 heteroatoms. The van der Waals surface area contributed by atoms with Crippen LogP contribution in [0.25, 0.3) is 0 Å². The summed E-state index contributed by atoms with van der Waals surface area (Å²) in [6.45, 7) is 4.28. The Hall–Kier alpha value is -0.240. The summed E-state index contributed by atoms with van der Waals surface area (Å²) in [6.07, 6.45) is 1.71. The summed E-state index contributed by atoms with van der Waals surface area (Å²) in [5.74, 6) is 0.496. The molecule has 1 fully saturated rings. The summed E-state index contributed by atoms with van der Waals surface area (Å²) in [5.41, 5.74) is 1.11. The highest BCUT2D eigenvalue weighted by molar-refractivity contribution is 6.42. The fraction of sp³-hybridized carbons (Fsp3) is 0.500. The first kappa shape index (κ1) is 11.3. The summed E-state index contributed by atoms with van der Waals surface area (Å²) in [4.78, 5) is 0. The molecule has 0 radical (unpaired) electrons. The van der Waals surface area contributed by atoms with Crippen LogP contribution in [-0.4, -0.2) is 12.2 Å². The maximum Gasteiger partial charge on any atom is 0.0867 e. The summed E-state index contributed by atoms with van der Waals surface area (Å²) in [6, 6.07) is 5.78. The van der Waals surface area contributed by atoms with E-state index in [-0.39, 0.29) is 0 Å². The molecular formula is C12H14Cl2O. The lowest BCUT2D eigenvalue weighted by molar-refractivity contribution is 0.328. The Morgan fingerprint density at radius 3 is 2.67 bits per heavy atom. The number of halogens is 2. The first-order valence-corrected chi connectivity index (χ1v) is 5.93. The summed E-state index contributed by atoms with van der Waals surface area (Å²) in [5, 5.41) is 1.31. The number of ether oxygens (including phenoxy) is 1. The van der Waals surface area contributed by atoms with Gasteiger partial charge in [0.15, 0.2) is 0 Å². The molecule has 0 bridgehead atoms. The summed E-state index contributed by atoms with van der Waals surface area (Å²) < 4.78 is 5.44. The van der Waals surface area contributed by atoms with Crippen LogP contribution in [0, 0.1) is 5.92 Å². The summed E-state index contributed by atoms with van der Waals surface area (Å²) in [7, 11) is 0. The second-order valence-electron chi connectivity index (χ2n) is 4.20. The molecule has 15 heavy (non-hydrogen) atoms. The van der Waals surface area contributed by atoms with Gasteiger partial charge in [-0.2, -0.15) is 0 Å². The smallest absolute Gasteiger partial charge is 0.0867 e. The minimum Gasteiger partial charge on any atom is -0.370 e. The van der Waals surface area contributed by atoms with Gasteiger partial charge in [0, 0.05) is 0 Å². The molecule has 0 aromatic heterocycles. The normalized spacial score (nSPS) is 26.4. The van der Waals surface area contributed by atoms with Crippen molar-refractivity contribution in [3.05, 3.63) is 33.8 Å². The van der Waals surface area contributed by atoms with Gasteiger partial charge in [-0.3, -0.25) is 0 Å². The molecule has 2 rings (SSSR count). The Labute approximate surface area is 100 Å². The van der Waals surface area contributed by atoms with E-state index < -0.39 is 0 Å². The van der Waals surface area contributed by atoms with Crippen LogP contribution in [0.15, 0.2) is 18.2 Å². The molecule has 0 N–H and O–H groups in total. The van der Waals surface area contributed by atoms with Gasteiger partial charge in [0.25, 0.3) is 0 Å². The quantitative estimate of drug-likeness (QED) is 0.734. The fourth-order valence-corrected chi connectivity index (χ4v) is 2.37. The molecule has 1 aliphatic rings. The molecular weight excluding hydrogens is 231 g/mol. The van der Waals surface area contributed by atoms with Crippen LogP contribution in [-0.2, 0) is 11.2 Å². The number of epoxide rings is 1. The average Bonchev–Trinajstić information content (AvgIpc) is 2.91. The van der Waals surface area contributed by atoms with Crippen molar-refractivity contribution >= 4 is 23.2 Å². The number of benzene rings is 1. The predicted octanol–water partition coefficient (Wildman–Crippen LogP) is 3.96. The van der Waals surface area contributed by atoms with Crippen molar-refractivity contribution < 1.29 is 4.74 Å². The molecule has 1 aromatic carbocycles. The number of hydrogen-bond acceptors (Lipinski definition) is 1. The van der Waals surface area contributed by atoms with Crippen molar-refractivity contribution in [1.29, 1.82) is 0 Å². The lowest BCUT2D eigenvalue weighted by atomic mass is 9.97. The van der Waals surface area contributed by atoms with Gasteiger partial charge >= 0.3 is 0 Å². The van der Waals surface area contributed by atoms with E-state index in [0.717, 1.165) is 12.0 Å². The maximum atomic E-state index is 6.13. The molecule has 3 atom stereocenters. The van der Waals surface area contributed by atoms with Gasteiger partial charge in [-0.1, -0.05) is 42.3 Å². The van der Waals surface area contributed by atoms with E-state index in [1.807, 2.05) is 18.2 Å². The van der Waals surface area contributed by atoms with Gasteiger partial charge in [-0.25, -0.2) is 0 Å². The van der Waals surface area contributed by atoms with Crippen molar-refractivity contribution in [2.24, 2.45) is 5.92 Å². The van der Waals surface area contributed by atoms with Crippen molar-refractivity contribution in [2.45, 2.75) is 32.5 Å². The third-order valence-corrected chi connectivity index (χ3v) is 3.75. The van der Waals surface area contributed by atoms with E-state index in [0.29, 0.717) is 28.2 Å². The molecule has 1 nitrogen and oxygen atoms in total. The van der Waals surface area contributed by atoms with Gasteiger partial charge in [-0.05, 0) is 30.9 Å². The zero-order chi connectivity index (χ0) is 11.0. The van der Waals surface area contributed by atoms with Crippen molar-refractivity contribution in [3.8, 4) is 0 Å². The highest BCUT2D eigenvalue weighted by Crippen LogP contribution is 2.33. The topological polar surface area (TPSA) is 12.5 Å². The number of hydrogen-bond donors (Lipinski definition) is 0. The van der Waals surface area contributed by atoms with Crippen LogP contribution in [0.4, 0.5) is 0 Å². The lowest BCUT2D eigenvalue weighted by Crippen LogP contribution is -2.09. The van der Waals surface area contributed by atoms with Crippen LogP contribution in [0.1, 0.15) is 19.4 Å². The SMILES string of the molecule is CC(Cc1cccc(Cl)c1Cl)C1OC1C.